The van der Waals surface area contributed by atoms with Crippen LogP contribution >= 0.6 is 0 Å². The number of hydrogen-bond donors (Lipinski definition) is 1. The van der Waals surface area contributed by atoms with Crippen molar-refractivity contribution >= 4 is 15.5 Å². The number of halogens is 3. The molecule has 1 aromatic carbocycles. The molecule has 1 aromatic rings. The summed E-state index contributed by atoms with van der Waals surface area (Å²) < 4.78 is 63.6. The molecule has 0 unspecified atom stereocenters. The van der Waals surface area contributed by atoms with Crippen molar-refractivity contribution in [2.75, 3.05) is 24.7 Å². The molecule has 0 aromatic heterocycles. The number of sulfone groups is 1. The summed E-state index contributed by atoms with van der Waals surface area (Å²) in [5, 5.41) is 0. The zero-order valence-electron chi connectivity index (χ0n) is 10.2. The molecular formula is C11H14F3NO3S. The van der Waals surface area contributed by atoms with Gasteiger partial charge in [0.05, 0.1) is 17.3 Å². The van der Waals surface area contributed by atoms with Crippen LogP contribution < -0.4 is 5.73 Å². The summed E-state index contributed by atoms with van der Waals surface area (Å²) in [7, 11) is -3.70. The second-order valence-corrected chi connectivity index (χ2v) is 6.03. The predicted octanol–water partition coefficient (Wildman–Crippen LogP) is 1.93. The predicted molar refractivity (Wildman–Crippen MR) is 64.5 cm³/mol. The van der Waals surface area contributed by atoms with Crippen LogP contribution in [0.3, 0.4) is 0 Å². The highest BCUT2D eigenvalue weighted by Crippen LogP contribution is 2.21. The van der Waals surface area contributed by atoms with E-state index >= 15 is 0 Å². The Balaban J connectivity index is 2.69. The van der Waals surface area contributed by atoms with E-state index in [-0.39, 0.29) is 4.90 Å². The van der Waals surface area contributed by atoms with Gasteiger partial charge in [-0.2, -0.15) is 13.2 Å². The molecule has 1 rings (SSSR count). The lowest BCUT2D eigenvalue weighted by molar-refractivity contribution is -0.172. The smallest absolute Gasteiger partial charge is 0.398 e. The molecule has 0 radical (unpaired) electrons. The van der Waals surface area contributed by atoms with Crippen molar-refractivity contribution < 1.29 is 26.3 Å². The summed E-state index contributed by atoms with van der Waals surface area (Å²) in [6.45, 7) is -0.437. The summed E-state index contributed by atoms with van der Waals surface area (Å²) in [4.78, 5) is 0.0168. The van der Waals surface area contributed by atoms with Crippen LogP contribution in [0.4, 0.5) is 18.9 Å². The molecular weight excluding hydrogens is 283 g/mol. The van der Waals surface area contributed by atoms with Gasteiger partial charge in [0.1, 0.15) is 6.61 Å². The number of nitrogen functional groups attached to an aromatic ring is 1. The average molecular weight is 297 g/mol. The summed E-state index contributed by atoms with van der Waals surface area (Å²) >= 11 is 0. The maximum atomic E-state index is 11.9. The molecule has 0 aliphatic heterocycles. The molecule has 8 heteroatoms. The number of nitrogens with two attached hydrogens (primary N) is 1. The molecule has 2 N–H and O–H groups in total. The molecule has 0 bridgehead atoms. The maximum absolute atomic E-state index is 11.9. The van der Waals surface area contributed by atoms with Gasteiger partial charge in [-0.15, -0.1) is 0 Å². The fourth-order valence-electron chi connectivity index (χ4n) is 1.43. The van der Waals surface area contributed by atoms with E-state index in [2.05, 4.69) is 4.74 Å². The van der Waals surface area contributed by atoms with E-state index in [0.29, 0.717) is 11.3 Å². The highest BCUT2D eigenvalue weighted by molar-refractivity contribution is 7.91. The fraction of sp³-hybridized carbons (Fsp3) is 0.455. The maximum Gasteiger partial charge on any atom is 0.411 e. The van der Waals surface area contributed by atoms with E-state index in [1.807, 2.05) is 0 Å². The highest BCUT2D eigenvalue weighted by Gasteiger charge is 2.28. The minimum Gasteiger partial charge on any atom is -0.398 e. The molecule has 0 aliphatic carbocycles. The Morgan fingerprint density at radius 3 is 2.53 bits per heavy atom. The van der Waals surface area contributed by atoms with Crippen LogP contribution in [0.15, 0.2) is 23.1 Å². The summed E-state index contributed by atoms with van der Waals surface area (Å²) in [5.41, 5.74) is 6.29. The molecule has 0 saturated heterocycles. The van der Waals surface area contributed by atoms with Crippen molar-refractivity contribution in [3.63, 3.8) is 0 Å². The van der Waals surface area contributed by atoms with Gasteiger partial charge >= 0.3 is 6.18 Å². The summed E-state index contributed by atoms with van der Waals surface area (Å²) in [6.07, 6.45) is -4.46. The molecule has 4 nitrogen and oxygen atoms in total. The minimum absolute atomic E-state index is 0.0168. The van der Waals surface area contributed by atoms with Crippen LogP contribution in [0, 0.1) is 6.92 Å². The SMILES string of the molecule is Cc1c(N)cccc1S(=O)(=O)CCOCC(F)(F)F. The van der Waals surface area contributed by atoms with Gasteiger partial charge < -0.3 is 10.5 Å². The Morgan fingerprint density at radius 1 is 1.32 bits per heavy atom. The minimum atomic E-state index is -4.46. The third kappa shape index (κ3) is 4.71. The van der Waals surface area contributed by atoms with Crippen LogP contribution in [0.1, 0.15) is 5.56 Å². The number of alkyl halides is 3. The van der Waals surface area contributed by atoms with Crippen molar-refractivity contribution in [2.45, 2.75) is 18.0 Å². The zero-order chi connectivity index (χ0) is 14.7. The van der Waals surface area contributed by atoms with Gasteiger partial charge in [0, 0.05) is 5.69 Å². The van der Waals surface area contributed by atoms with Crippen LogP contribution in [0.2, 0.25) is 0 Å². The Morgan fingerprint density at radius 2 is 1.95 bits per heavy atom. The fourth-order valence-corrected chi connectivity index (χ4v) is 2.86. The van der Waals surface area contributed by atoms with Gasteiger partial charge in [-0.1, -0.05) is 6.07 Å². The first-order valence-corrected chi connectivity index (χ1v) is 7.01. The van der Waals surface area contributed by atoms with Crippen molar-refractivity contribution in [3.05, 3.63) is 23.8 Å². The van der Waals surface area contributed by atoms with Gasteiger partial charge in [0.2, 0.25) is 0 Å². The van der Waals surface area contributed by atoms with Crippen molar-refractivity contribution in [1.29, 1.82) is 0 Å². The van der Waals surface area contributed by atoms with Crippen LogP contribution in [0.25, 0.3) is 0 Å². The van der Waals surface area contributed by atoms with Crippen LogP contribution in [-0.4, -0.2) is 33.6 Å². The third-order valence-corrected chi connectivity index (χ3v) is 4.24. The van der Waals surface area contributed by atoms with Crippen LogP contribution in [-0.2, 0) is 14.6 Å². The average Bonchev–Trinajstić information content (AvgIpc) is 2.27. The summed E-state index contributed by atoms with van der Waals surface area (Å²) in [5.74, 6) is -0.520. The Bertz CT molecular complexity index is 541. The molecule has 0 amide bonds. The van der Waals surface area contributed by atoms with E-state index in [1.165, 1.54) is 12.1 Å². The lowest BCUT2D eigenvalue weighted by Crippen LogP contribution is -2.21. The molecule has 0 spiro atoms. The standard InChI is InChI=1S/C11H14F3NO3S/c1-8-9(15)3-2-4-10(8)19(16,17)6-5-18-7-11(12,13)14/h2-4H,5-7,15H2,1H3. The zero-order valence-corrected chi connectivity index (χ0v) is 11.0. The molecule has 0 aliphatic rings. The Labute approximate surface area is 109 Å². The van der Waals surface area contributed by atoms with Gasteiger partial charge in [-0.3, -0.25) is 0 Å². The molecule has 0 atom stereocenters. The van der Waals surface area contributed by atoms with E-state index in [9.17, 15) is 21.6 Å². The first-order chi connectivity index (χ1) is 8.63. The quantitative estimate of drug-likeness (QED) is 0.666. The van der Waals surface area contributed by atoms with E-state index < -0.39 is 35.0 Å². The number of ether oxygens (including phenoxy) is 1. The van der Waals surface area contributed by atoms with Gasteiger partial charge in [0.15, 0.2) is 9.84 Å². The molecule has 0 heterocycles. The first-order valence-electron chi connectivity index (χ1n) is 5.36. The monoisotopic (exact) mass is 297 g/mol. The molecule has 108 valence electrons. The van der Waals surface area contributed by atoms with E-state index in [1.54, 1.807) is 13.0 Å². The second kappa shape index (κ2) is 5.79. The van der Waals surface area contributed by atoms with Crippen LogP contribution in [0.5, 0.6) is 0 Å². The number of benzene rings is 1. The number of rotatable bonds is 5. The number of hydrogen-bond acceptors (Lipinski definition) is 4. The lowest BCUT2D eigenvalue weighted by Gasteiger charge is -2.10. The van der Waals surface area contributed by atoms with Gasteiger partial charge in [-0.25, -0.2) is 8.42 Å². The molecule has 0 fully saturated rings. The van der Waals surface area contributed by atoms with Crippen molar-refractivity contribution in [1.82, 2.24) is 0 Å². The second-order valence-electron chi connectivity index (χ2n) is 3.96. The Kier molecular flexibility index (Phi) is 4.81. The van der Waals surface area contributed by atoms with E-state index in [4.69, 9.17) is 5.73 Å². The number of anilines is 1. The van der Waals surface area contributed by atoms with E-state index in [0.717, 1.165) is 0 Å². The normalized spacial score (nSPS) is 12.6. The first kappa shape index (κ1) is 15.8. The summed E-state index contributed by atoms with van der Waals surface area (Å²) in [6, 6.07) is 4.39. The van der Waals surface area contributed by atoms with Gasteiger partial charge in [-0.05, 0) is 24.6 Å². The third-order valence-electron chi connectivity index (χ3n) is 2.42. The highest BCUT2D eigenvalue weighted by atomic mass is 32.2. The molecule has 0 saturated carbocycles. The Hall–Kier alpha value is -1.28. The van der Waals surface area contributed by atoms with Crippen molar-refractivity contribution in [2.24, 2.45) is 0 Å². The molecule has 19 heavy (non-hydrogen) atoms. The largest absolute Gasteiger partial charge is 0.411 e. The topological polar surface area (TPSA) is 69.4 Å². The van der Waals surface area contributed by atoms with Gasteiger partial charge in [0.25, 0.3) is 0 Å². The van der Waals surface area contributed by atoms with Crippen molar-refractivity contribution in [3.8, 4) is 0 Å². The lowest BCUT2D eigenvalue weighted by atomic mass is 10.2.